The molecule has 3 N–H and O–H groups in total. The van der Waals surface area contributed by atoms with Crippen LogP contribution in [0.25, 0.3) is 10.9 Å². The third kappa shape index (κ3) is 3.76. The zero-order valence-electron chi connectivity index (χ0n) is 11.1. The molecule has 3 nitrogen and oxygen atoms in total. The number of fused-ring (bicyclic) bond motifs is 1. The zero-order chi connectivity index (χ0) is 14.8. The fraction of sp³-hybridized carbons (Fsp3) is 0.357. The Labute approximate surface area is 115 Å². The summed E-state index contributed by atoms with van der Waals surface area (Å²) in [6.07, 6.45) is -4.86. The van der Waals surface area contributed by atoms with Gasteiger partial charge in [0.15, 0.2) is 0 Å². The molecule has 1 heterocycles. The van der Waals surface area contributed by atoms with E-state index in [1.54, 1.807) is 18.2 Å². The molecule has 2 rings (SSSR count). The van der Waals surface area contributed by atoms with Gasteiger partial charge in [0.25, 0.3) is 0 Å². The first-order valence-corrected chi connectivity index (χ1v) is 6.33. The van der Waals surface area contributed by atoms with Gasteiger partial charge < -0.3 is 11.1 Å². The maximum Gasteiger partial charge on any atom is 0.389 e. The Morgan fingerprint density at radius 3 is 2.70 bits per heavy atom. The summed E-state index contributed by atoms with van der Waals surface area (Å²) in [7, 11) is 0. The summed E-state index contributed by atoms with van der Waals surface area (Å²) in [6.45, 7) is 2.10. The van der Waals surface area contributed by atoms with Gasteiger partial charge in [0, 0.05) is 35.4 Å². The van der Waals surface area contributed by atoms with Gasteiger partial charge in [-0.1, -0.05) is 0 Å². The molecule has 0 unspecified atom stereocenters. The number of nitrogens with zero attached hydrogens (tertiary/aromatic N) is 1. The summed E-state index contributed by atoms with van der Waals surface area (Å²) in [5, 5.41) is 3.85. The Morgan fingerprint density at radius 1 is 1.25 bits per heavy atom. The molecule has 2 aromatic rings. The van der Waals surface area contributed by atoms with Crippen LogP contribution in [0.3, 0.4) is 0 Å². The van der Waals surface area contributed by atoms with E-state index in [1.165, 1.54) is 0 Å². The van der Waals surface area contributed by atoms with Gasteiger partial charge in [-0.25, -0.2) is 0 Å². The van der Waals surface area contributed by atoms with Crippen LogP contribution >= 0.6 is 0 Å². The van der Waals surface area contributed by atoms with E-state index in [1.807, 2.05) is 13.0 Å². The van der Waals surface area contributed by atoms with Crippen molar-refractivity contribution in [1.82, 2.24) is 4.98 Å². The number of rotatable bonds is 4. The third-order valence-corrected chi connectivity index (χ3v) is 2.91. The van der Waals surface area contributed by atoms with Crippen LogP contribution in [0.15, 0.2) is 24.3 Å². The van der Waals surface area contributed by atoms with E-state index in [2.05, 4.69) is 10.3 Å². The normalized spacial score (nSPS) is 11.8. The number of alkyl halides is 3. The van der Waals surface area contributed by atoms with E-state index in [-0.39, 0.29) is 13.0 Å². The lowest BCUT2D eigenvalue weighted by atomic mass is 10.1. The van der Waals surface area contributed by atoms with Gasteiger partial charge >= 0.3 is 6.18 Å². The molecule has 0 aliphatic heterocycles. The highest BCUT2D eigenvalue weighted by Crippen LogP contribution is 2.26. The van der Waals surface area contributed by atoms with E-state index < -0.39 is 12.6 Å². The minimum Gasteiger partial charge on any atom is -0.399 e. The highest BCUT2D eigenvalue weighted by Gasteiger charge is 2.25. The third-order valence-electron chi connectivity index (χ3n) is 2.91. The van der Waals surface area contributed by atoms with Crippen LogP contribution in [0.5, 0.6) is 0 Å². The summed E-state index contributed by atoms with van der Waals surface area (Å²) in [6, 6.07) is 7.14. The number of aryl methyl sites for hydroxylation is 1. The summed E-state index contributed by atoms with van der Waals surface area (Å²) < 4.78 is 36.3. The Kier molecular flexibility index (Phi) is 4.01. The Balaban J connectivity index is 2.14. The molecule has 0 aliphatic carbocycles. The van der Waals surface area contributed by atoms with Gasteiger partial charge in [-0.05, 0) is 37.6 Å². The van der Waals surface area contributed by atoms with Crippen molar-refractivity contribution in [3.63, 3.8) is 0 Å². The van der Waals surface area contributed by atoms with E-state index in [0.29, 0.717) is 5.69 Å². The minimum absolute atomic E-state index is 0.0364. The molecule has 0 aliphatic rings. The first-order chi connectivity index (χ1) is 9.35. The summed E-state index contributed by atoms with van der Waals surface area (Å²) in [4.78, 5) is 4.37. The number of hydrogen-bond acceptors (Lipinski definition) is 3. The minimum atomic E-state index is -4.11. The van der Waals surface area contributed by atoms with Crippen LogP contribution in [-0.2, 0) is 0 Å². The molecule has 0 radical (unpaired) electrons. The molecule has 6 heteroatoms. The Hall–Kier alpha value is -1.98. The molecule has 20 heavy (non-hydrogen) atoms. The first kappa shape index (κ1) is 14.4. The molecule has 1 aromatic carbocycles. The van der Waals surface area contributed by atoms with Gasteiger partial charge in [0.2, 0.25) is 0 Å². The van der Waals surface area contributed by atoms with Crippen LogP contribution in [0, 0.1) is 6.92 Å². The van der Waals surface area contributed by atoms with Crippen LogP contribution < -0.4 is 11.1 Å². The van der Waals surface area contributed by atoms with E-state index in [9.17, 15) is 13.2 Å². The number of pyridine rings is 1. The quantitative estimate of drug-likeness (QED) is 0.661. The highest BCUT2D eigenvalue weighted by atomic mass is 19.4. The van der Waals surface area contributed by atoms with Crippen molar-refractivity contribution in [2.45, 2.75) is 25.9 Å². The van der Waals surface area contributed by atoms with E-state index in [4.69, 9.17) is 5.73 Å². The maximum absolute atomic E-state index is 12.1. The van der Waals surface area contributed by atoms with Crippen LogP contribution in [0.2, 0.25) is 0 Å². The molecular formula is C14H16F3N3. The number of anilines is 2. The molecule has 0 fully saturated rings. The summed E-state index contributed by atoms with van der Waals surface area (Å²) >= 11 is 0. The average molecular weight is 283 g/mol. The lowest BCUT2D eigenvalue weighted by Crippen LogP contribution is -2.11. The maximum atomic E-state index is 12.1. The van der Waals surface area contributed by atoms with Crippen LogP contribution in [0.4, 0.5) is 24.5 Å². The molecule has 0 saturated heterocycles. The van der Waals surface area contributed by atoms with Crippen molar-refractivity contribution in [3.05, 3.63) is 30.0 Å². The Bertz CT molecular complexity index is 608. The van der Waals surface area contributed by atoms with Crippen molar-refractivity contribution in [1.29, 1.82) is 0 Å². The lowest BCUT2D eigenvalue weighted by Gasteiger charge is -2.12. The summed E-state index contributed by atoms with van der Waals surface area (Å²) in [5.74, 6) is 0. The number of benzene rings is 1. The zero-order valence-corrected chi connectivity index (χ0v) is 11.1. The van der Waals surface area contributed by atoms with Gasteiger partial charge in [0.1, 0.15) is 0 Å². The topological polar surface area (TPSA) is 50.9 Å². The van der Waals surface area contributed by atoms with Gasteiger partial charge in [-0.2, -0.15) is 13.2 Å². The predicted octanol–water partition coefficient (Wildman–Crippen LogP) is 3.88. The van der Waals surface area contributed by atoms with Gasteiger partial charge in [-0.15, -0.1) is 0 Å². The van der Waals surface area contributed by atoms with Crippen LogP contribution in [0.1, 0.15) is 18.5 Å². The van der Waals surface area contributed by atoms with Gasteiger partial charge in [-0.3, -0.25) is 4.98 Å². The SMILES string of the molecule is Cc1cc(NCCCC(F)(F)F)c2cc(N)ccc2n1. The summed E-state index contributed by atoms with van der Waals surface area (Å²) in [5.41, 5.74) is 8.68. The van der Waals surface area contributed by atoms with Crippen molar-refractivity contribution >= 4 is 22.3 Å². The fourth-order valence-corrected chi connectivity index (χ4v) is 2.03. The number of nitrogens with two attached hydrogens (primary N) is 1. The molecule has 1 aromatic heterocycles. The number of nitrogens with one attached hydrogen (secondary N) is 1. The second-order valence-corrected chi connectivity index (χ2v) is 4.73. The van der Waals surface area contributed by atoms with Gasteiger partial charge in [0.05, 0.1) is 5.52 Å². The molecule has 0 amide bonds. The van der Waals surface area contributed by atoms with Crippen molar-refractivity contribution in [2.75, 3.05) is 17.6 Å². The van der Waals surface area contributed by atoms with E-state index in [0.717, 1.165) is 22.3 Å². The molecule has 0 bridgehead atoms. The number of aromatic nitrogens is 1. The number of halogens is 3. The largest absolute Gasteiger partial charge is 0.399 e. The monoisotopic (exact) mass is 283 g/mol. The molecular weight excluding hydrogens is 267 g/mol. The standard InChI is InChI=1S/C14H16F3N3/c1-9-7-13(19-6-2-5-14(15,16)17)11-8-10(18)3-4-12(11)20-9/h3-4,7-8H,2,5-6,18H2,1H3,(H,19,20). The number of hydrogen-bond donors (Lipinski definition) is 2. The van der Waals surface area contributed by atoms with Crippen molar-refractivity contribution in [2.24, 2.45) is 0 Å². The van der Waals surface area contributed by atoms with Crippen molar-refractivity contribution in [3.8, 4) is 0 Å². The average Bonchev–Trinajstić information content (AvgIpc) is 2.34. The predicted molar refractivity (Wildman–Crippen MR) is 74.7 cm³/mol. The van der Waals surface area contributed by atoms with Crippen LogP contribution in [-0.4, -0.2) is 17.7 Å². The molecule has 0 spiro atoms. The second-order valence-electron chi connectivity index (χ2n) is 4.73. The second kappa shape index (κ2) is 5.56. The molecule has 108 valence electrons. The van der Waals surface area contributed by atoms with E-state index >= 15 is 0 Å². The lowest BCUT2D eigenvalue weighted by molar-refractivity contribution is -0.134. The first-order valence-electron chi connectivity index (χ1n) is 6.33. The fourth-order valence-electron chi connectivity index (χ4n) is 2.03. The highest BCUT2D eigenvalue weighted by molar-refractivity contribution is 5.93. The number of nitrogen functional groups attached to an aromatic ring is 1. The smallest absolute Gasteiger partial charge is 0.389 e. The Morgan fingerprint density at radius 2 is 2.00 bits per heavy atom. The molecule has 0 saturated carbocycles. The van der Waals surface area contributed by atoms with Crippen molar-refractivity contribution < 1.29 is 13.2 Å². The molecule has 0 atom stereocenters.